The van der Waals surface area contributed by atoms with Crippen molar-refractivity contribution >= 4 is 33.4 Å². The summed E-state index contributed by atoms with van der Waals surface area (Å²) in [4.78, 5) is 37.9. The van der Waals surface area contributed by atoms with Crippen molar-refractivity contribution < 1.29 is 27.5 Å². The van der Waals surface area contributed by atoms with Crippen LogP contribution in [0.25, 0.3) is 0 Å². The summed E-state index contributed by atoms with van der Waals surface area (Å²) in [6.07, 6.45) is 3.08. The van der Waals surface area contributed by atoms with Gasteiger partial charge in [0.1, 0.15) is 6.54 Å². The van der Waals surface area contributed by atoms with Gasteiger partial charge in [-0.05, 0) is 44.0 Å². The van der Waals surface area contributed by atoms with Gasteiger partial charge in [0.05, 0.1) is 6.26 Å². The van der Waals surface area contributed by atoms with Gasteiger partial charge in [0, 0.05) is 24.2 Å². The average molecular weight is 396 g/mol. The highest BCUT2D eigenvalue weighted by molar-refractivity contribution is 7.92. The molecule has 1 heterocycles. The summed E-state index contributed by atoms with van der Waals surface area (Å²) in [5.74, 6) is -1.10. The molecule has 1 aromatic rings. The van der Waals surface area contributed by atoms with Crippen molar-refractivity contribution in [1.29, 1.82) is 0 Å². The van der Waals surface area contributed by atoms with E-state index in [1.54, 1.807) is 0 Å². The van der Waals surface area contributed by atoms with Crippen LogP contribution in [0.2, 0.25) is 0 Å². The Hall–Kier alpha value is -2.42. The van der Waals surface area contributed by atoms with Gasteiger partial charge in [0.2, 0.25) is 21.7 Å². The Morgan fingerprint density at radius 3 is 2.48 bits per heavy atom. The third-order valence-corrected chi connectivity index (χ3v) is 4.75. The van der Waals surface area contributed by atoms with Crippen molar-refractivity contribution in [2.75, 3.05) is 24.1 Å². The van der Waals surface area contributed by atoms with Gasteiger partial charge in [-0.2, -0.15) is 0 Å². The number of nitrogens with zero attached hydrogens (tertiary/aromatic N) is 1. The monoisotopic (exact) mass is 396 g/mol. The molecular formula is C18H24N2O6S. The van der Waals surface area contributed by atoms with Crippen LogP contribution in [0.5, 0.6) is 0 Å². The smallest absolute Gasteiger partial charge is 0.326 e. The van der Waals surface area contributed by atoms with E-state index in [0.29, 0.717) is 24.2 Å². The van der Waals surface area contributed by atoms with Crippen molar-refractivity contribution in [3.05, 3.63) is 29.8 Å². The molecule has 27 heavy (non-hydrogen) atoms. The third-order valence-electron chi connectivity index (χ3n) is 4.14. The molecule has 0 unspecified atom stereocenters. The summed E-state index contributed by atoms with van der Waals surface area (Å²) in [6.45, 7) is 1.83. The third kappa shape index (κ3) is 6.67. The number of nitrogens with one attached hydrogen (secondary N) is 1. The van der Waals surface area contributed by atoms with Gasteiger partial charge in [-0.25, -0.2) is 8.42 Å². The van der Waals surface area contributed by atoms with Crippen LogP contribution in [-0.2, 0) is 24.3 Å². The predicted molar refractivity (Wildman–Crippen MR) is 99.8 cm³/mol. The summed E-state index contributed by atoms with van der Waals surface area (Å²) in [6, 6.07) is 5.83. The first-order valence-electron chi connectivity index (χ1n) is 8.75. The molecule has 0 bridgehead atoms. The quantitative estimate of drug-likeness (QED) is 0.553. The number of benzene rings is 1. The van der Waals surface area contributed by atoms with Gasteiger partial charge in [-0.15, -0.1) is 0 Å². The van der Waals surface area contributed by atoms with Crippen LogP contribution in [0.3, 0.4) is 0 Å². The molecule has 1 aliphatic rings. The van der Waals surface area contributed by atoms with Gasteiger partial charge in [-0.1, -0.05) is 6.42 Å². The van der Waals surface area contributed by atoms with Crippen LogP contribution in [-0.4, -0.2) is 56.4 Å². The maximum Gasteiger partial charge on any atom is 0.326 e. The molecule has 1 aliphatic heterocycles. The lowest BCUT2D eigenvalue weighted by Crippen LogP contribution is -2.37. The molecule has 9 heteroatoms. The molecule has 0 spiro atoms. The minimum atomic E-state index is -3.40. The van der Waals surface area contributed by atoms with E-state index in [9.17, 15) is 22.8 Å². The van der Waals surface area contributed by atoms with E-state index in [1.807, 2.05) is 0 Å². The number of likely N-dealkylation sites (tertiary alicyclic amines) is 1. The van der Waals surface area contributed by atoms with E-state index < -0.39 is 27.9 Å². The van der Waals surface area contributed by atoms with Crippen LogP contribution < -0.4 is 4.72 Å². The minimum Gasteiger partial charge on any atom is -0.453 e. The standard InChI is InChI=1S/C18H24N2O6S/c1-13(26-17(22)12-20-11-5-3-4-6-16(20)21)18(23)14-7-9-15(10-8-14)19-27(2,24)25/h7-10,13,19H,3-6,11-12H2,1-2H3/t13-/m0/s1. The Kier molecular flexibility index (Phi) is 6.95. The fraction of sp³-hybridized carbons (Fsp3) is 0.500. The Morgan fingerprint density at radius 1 is 1.19 bits per heavy atom. The molecule has 0 aliphatic carbocycles. The molecule has 8 nitrogen and oxygen atoms in total. The van der Waals surface area contributed by atoms with Crippen LogP contribution >= 0.6 is 0 Å². The minimum absolute atomic E-state index is 0.0719. The number of ether oxygens (including phenoxy) is 1. The molecule has 148 valence electrons. The lowest BCUT2D eigenvalue weighted by molar-refractivity contribution is -0.151. The maximum absolute atomic E-state index is 12.4. The first-order valence-corrected chi connectivity index (χ1v) is 10.6. The second kappa shape index (κ2) is 8.98. The maximum atomic E-state index is 12.4. The fourth-order valence-corrected chi connectivity index (χ4v) is 3.37. The fourth-order valence-electron chi connectivity index (χ4n) is 2.80. The summed E-state index contributed by atoms with van der Waals surface area (Å²) < 4.78 is 29.9. The van der Waals surface area contributed by atoms with Crippen molar-refractivity contribution in [3.63, 3.8) is 0 Å². The van der Waals surface area contributed by atoms with Crippen LogP contribution in [0.1, 0.15) is 43.0 Å². The molecule has 1 N–H and O–H groups in total. The van der Waals surface area contributed by atoms with Crippen molar-refractivity contribution in [2.24, 2.45) is 0 Å². The molecule has 1 atom stereocenters. The molecule has 0 saturated carbocycles. The number of anilines is 1. The molecule has 1 aromatic carbocycles. The second-order valence-corrected chi connectivity index (χ2v) is 8.32. The van der Waals surface area contributed by atoms with Crippen LogP contribution in [0, 0.1) is 0 Å². The summed E-state index contributed by atoms with van der Waals surface area (Å²) in [7, 11) is -3.40. The first kappa shape index (κ1) is 20.9. The largest absolute Gasteiger partial charge is 0.453 e. The normalized spacial score (nSPS) is 16.4. The number of amides is 1. The zero-order valence-corrected chi connectivity index (χ0v) is 16.3. The average Bonchev–Trinajstić information content (AvgIpc) is 2.78. The topological polar surface area (TPSA) is 110 Å². The van der Waals surface area contributed by atoms with E-state index in [1.165, 1.54) is 36.1 Å². The van der Waals surface area contributed by atoms with E-state index in [0.717, 1.165) is 25.5 Å². The number of carbonyl (C=O) groups is 3. The number of sulfonamides is 1. The van der Waals surface area contributed by atoms with Gasteiger partial charge in [0.15, 0.2) is 6.10 Å². The zero-order chi connectivity index (χ0) is 20.0. The van der Waals surface area contributed by atoms with Gasteiger partial charge in [-0.3, -0.25) is 19.1 Å². The Labute approximate surface area is 158 Å². The Morgan fingerprint density at radius 2 is 1.85 bits per heavy atom. The van der Waals surface area contributed by atoms with E-state index in [2.05, 4.69) is 4.72 Å². The van der Waals surface area contributed by atoms with E-state index >= 15 is 0 Å². The SMILES string of the molecule is C[C@H](OC(=O)CN1CCCCCC1=O)C(=O)c1ccc(NS(C)(=O)=O)cc1. The number of carbonyl (C=O) groups excluding carboxylic acids is 3. The lowest BCUT2D eigenvalue weighted by atomic mass is 10.1. The van der Waals surface area contributed by atoms with Gasteiger partial charge in [0.25, 0.3) is 0 Å². The molecular weight excluding hydrogens is 372 g/mol. The van der Waals surface area contributed by atoms with Gasteiger partial charge >= 0.3 is 5.97 Å². The lowest BCUT2D eigenvalue weighted by Gasteiger charge is -2.20. The molecule has 1 saturated heterocycles. The van der Waals surface area contributed by atoms with Crippen molar-refractivity contribution in [3.8, 4) is 0 Å². The summed E-state index contributed by atoms with van der Waals surface area (Å²) >= 11 is 0. The summed E-state index contributed by atoms with van der Waals surface area (Å²) in [5.41, 5.74) is 0.624. The number of hydrogen-bond acceptors (Lipinski definition) is 6. The number of esters is 1. The molecule has 2 rings (SSSR count). The summed E-state index contributed by atoms with van der Waals surface area (Å²) in [5, 5.41) is 0. The highest BCUT2D eigenvalue weighted by Crippen LogP contribution is 2.14. The Bertz CT molecular complexity index is 804. The van der Waals surface area contributed by atoms with E-state index in [-0.39, 0.29) is 12.5 Å². The van der Waals surface area contributed by atoms with E-state index in [4.69, 9.17) is 4.74 Å². The molecule has 1 amide bonds. The Balaban J connectivity index is 1.92. The zero-order valence-electron chi connectivity index (χ0n) is 15.4. The van der Waals surface area contributed by atoms with Crippen molar-refractivity contribution in [2.45, 2.75) is 38.7 Å². The number of ketones is 1. The van der Waals surface area contributed by atoms with Crippen molar-refractivity contribution in [1.82, 2.24) is 4.90 Å². The second-order valence-electron chi connectivity index (χ2n) is 6.57. The number of Topliss-reactive ketones (excluding diaryl/α,β-unsaturated/α-hetero) is 1. The first-order chi connectivity index (χ1) is 12.7. The predicted octanol–water partition coefficient (Wildman–Crippen LogP) is 1.58. The highest BCUT2D eigenvalue weighted by Gasteiger charge is 2.24. The van der Waals surface area contributed by atoms with Gasteiger partial charge < -0.3 is 9.64 Å². The number of hydrogen-bond donors (Lipinski definition) is 1. The van der Waals surface area contributed by atoms with Crippen LogP contribution in [0.4, 0.5) is 5.69 Å². The molecule has 0 aromatic heterocycles. The van der Waals surface area contributed by atoms with Crippen LogP contribution in [0.15, 0.2) is 24.3 Å². The molecule has 1 fully saturated rings. The highest BCUT2D eigenvalue weighted by atomic mass is 32.2. The number of rotatable bonds is 7. The molecule has 0 radical (unpaired) electrons.